The van der Waals surface area contributed by atoms with Gasteiger partial charge in [-0.2, -0.15) is 0 Å². The molecular formula is C17H24O. The average molecular weight is 244 g/mol. The van der Waals surface area contributed by atoms with Crippen molar-refractivity contribution in [2.24, 2.45) is 17.3 Å². The van der Waals surface area contributed by atoms with Crippen molar-refractivity contribution in [3.8, 4) is 5.75 Å². The summed E-state index contributed by atoms with van der Waals surface area (Å²) < 4.78 is 0. The molecule has 1 aromatic rings. The van der Waals surface area contributed by atoms with Gasteiger partial charge in [0.2, 0.25) is 0 Å². The summed E-state index contributed by atoms with van der Waals surface area (Å²) in [5.74, 6) is 2.89. The summed E-state index contributed by atoms with van der Waals surface area (Å²) in [7, 11) is 0. The van der Waals surface area contributed by atoms with Crippen LogP contribution >= 0.6 is 0 Å². The average Bonchev–Trinajstić information content (AvgIpc) is 2.66. The largest absolute Gasteiger partial charge is 0.508 e. The highest BCUT2D eigenvalue weighted by molar-refractivity contribution is 5.35. The van der Waals surface area contributed by atoms with Crippen LogP contribution < -0.4 is 0 Å². The Bertz CT molecular complexity index is 435. The zero-order chi connectivity index (χ0) is 12.8. The van der Waals surface area contributed by atoms with E-state index in [1.807, 2.05) is 12.1 Å². The van der Waals surface area contributed by atoms with Crippen molar-refractivity contribution in [3.63, 3.8) is 0 Å². The fraction of sp³-hybridized carbons (Fsp3) is 0.647. The summed E-state index contributed by atoms with van der Waals surface area (Å²) in [5, 5.41) is 10.0. The van der Waals surface area contributed by atoms with Crippen LogP contribution in [0.3, 0.4) is 0 Å². The molecule has 0 amide bonds. The number of hydrogen-bond acceptors (Lipinski definition) is 1. The first-order valence-electron chi connectivity index (χ1n) is 7.36. The van der Waals surface area contributed by atoms with Gasteiger partial charge in [0.25, 0.3) is 0 Å². The zero-order valence-electron chi connectivity index (χ0n) is 11.5. The third-order valence-corrected chi connectivity index (χ3v) is 5.52. The Morgan fingerprint density at radius 2 is 1.89 bits per heavy atom. The van der Waals surface area contributed by atoms with Crippen molar-refractivity contribution in [2.45, 2.75) is 51.9 Å². The molecule has 0 spiro atoms. The van der Waals surface area contributed by atoms with Gasteiger partial charge in [-0.05, 0) is 66.9 Å². The second-order valence-corrected chi connectivity index (χ2v) is 6.96. The Kier molecular flexibility index (Phi) is 2.88. The molecule has 2 fully saturated rings. The molecule has 3 unspecified atom stereocenters. The van der Waals surface area contributed by atoms with Crippen LogP contribution in [0.4, 0.5) is 0 Å². The number of fused-ring (bicyclic) bond motifs is 1. The van der Waals surface area contributed by atoms with E-state index in [-0.39, 0.29) is 0 Å². The van der Waals surface area contributed by atoms with Gasteiger partial charge in [-0.3, -0.25) is 0 Å². The Balaban J connectivity index is 1.78. The summed E-state index contributed by atoms with van der Waals surface area (Å²) in [6, 6.07) is 7.92. The second kappa shape index (κ2) is 4.29. The van der Waals surface area contributed by atoms with Gasteiger partial charge >= 0.3 is 0 Å². The van der Waals surface area contributed by atoms with E-state index in [1.165, 1.54) is 37.7 Å². The molecule has 3 atom stereocenters. The van der Waals surface area contributed by atoms with E-state index < -0.39 is 0 Å². The van der Waals surface area contributed by atoms with Crippen molar-refractivity contribution < 1.29 is 5.11 Å². The molecule has 0 saturated heterocycles. The van der Waals surface area contributed by atoms with Gasteiger partial charge in [-0.15, -0.1) is 0 Å². The molecular weight excluding hydrogens is 220 g/mol. The van der Waals surface area contributed by atoms with Crippen LogP contribution in [-0.4, -0.2) is 5.11 Å². The van der Waals surface area contributed by atoms with Gasteiger partial charge in [0.05, 0.1) is 0 Å². The SMILES string of the molecule is CC1(C)CCC2CC(c3ccccc3O)CCC21. The Labute approximate surface area is 110 Å². The predicted molar refractivity (Wildman–Crippen MR) is 74.7 cm³/mol. The summed E-state index contributed by atoms with van der Waals surface area (Å²) in [6.45, 7) is 4.88. The summed E-state index contributed by atoms with van der Waals surface area (Å²) in [4.78, 5) is 0. The molecule has 0 aliphatic heterocycles. The molecule has 1 aromatic carbocycles. The molecule has 18 heavy (non-hydrogen) atoms. The van der Waals surface area contributed by atoms with Gasteiger partial charge in [-0.25, -0.2) is 0 Å². The van der Waals surface area contributed by atoms with Crippen molar-refractivity contribution in [2.75, 3.05) is 0 Å². The molecule has 1 nitrogen and oxygen atoms in total. The minimum absolute atomic E-state index is 0.498. The smallest absolute Gasteiger partial charge is 0.119 e. The maximum absolute atomic E-state index is 10.0. The number of rotatable bonds is 1. The Morgan fingerprint density at radius 3 is 2.67 bits per heavy atom. The molecule has 0 aromatic heterocycles. The van der Waals surface area contributed by atoms with Crippen LogP contribution in [0, 0.1) is 17.3 Å². The highest BCUT2D eigenvalue weighted by Gasteiger charge is 2.44. The van der Waals surface area contributed by atoms with Crippen LogP contribution in [-0.2, 0) is 0 Å². The molecule has 0 radical (unpaired) electrons. The summed E-state index contributed by atoms with van der Waals surface area (Å²) >= 11 is 0. The normalized spacial score (nSPS) is 34.2. The van der Waals surface area contributed by atoms with Crippen molar-refractivity contribution >= 4 is 0 Å². The van der Waals surface area contributed by atoms with Crippen molar-refractivity contribution in [3.05, 3.63) is 29.8 Å². The van der Waals surface area contributed by atoms with E-state index in [4.69, 9.17) is 0 Å². The maximum atomic E-state index is 10.0. The van der Waals surface area contributed by atoms with Crippen LogP contribution in [0.25, 0.3) is 0 Å². The van der Waals surface area contributed by atoms with Crippen molar-refractivity contribution in [1.29, 1.82) is 0 Å². The lowest BCUT2D eigenvalue weighted by molar-refractivity contribution is 0.151. The minimum Gasteiger partial charge on any atom is -0.508 e. The molecule has 3 rings (SSSR count). The third kappa shape index (κ3) is 1.94. The number of phenolic OH excluding ortho intramolecular Hbond substituents is 1. The van der Waals surface area contributed by atoms with Crippen LogP contribution in [0.2, 0.25) is 0 Å². The first-order chi connectivity index (χ1) is 8.58. The lowest BCUT2D eigenvalue weighted by Gasteiger charge is -2.38. The molecule has 0 bridgehead atoms. The van der Waals surface area contributed by atoms with Crippen LogP contribution in [0.15, 0.2) is 24.3 Å². The molecule has 1 heteroatoms. The first-order valence-corrected chi connectivity index (χ1v) is 7.36. The minimum atomic E-state index is 0.498. The summed E-state index contributed by atoms with van der Waals surface area (Å²) in [5.41, 5.74) is 1.73. The monoisotopic (exact) mass is 244 g/mol. The second-order valence-electron chi connectivity index (χ2n) is 6.96. The van der Waals surface area contributed by atoms with Gasteiger partial charge in [0, 0.05) is 0 Å². The Hall–Kier alpha value is -0.980. The maximum Gasteiger partial charge on any atom is 0.119 e. The first kappa shape index (κ1) is 12.1. The fourth-order valence-corrected chi connectivity index (χ4v) is 4.47. The van der Waals surface area contributed by atoms with E-state index in [1.54, 1.807) is 0 Å². The zero-order valence-corrected chi connectivity index (χ0v) is 11.5. The standard InChI is InChI=1S/C17H24O/c1-17(2)10-9-13-11-12(7-8-15(13)17)14-5-3-4-6-16(14)18/h3-6,12-13,15,18H,7-11H2,1-2H3. The van der Waals surface area contributed by atoms with E-state index in [2.05, 4.69) is 26.0 Å². The molecule has 1 N–H and O–H groups in total. The number of benzene rings is 1. The molecule has 0 heterocycles. The predicted octanol–water partition coefficient (Wildman–Crippen LogP) is 4.71. The van der Waals surface area contributed by atoms with E-state index in [0.717, 1.165) is 11.8 Å². The highest BCUT2D eigenvalue weighted by Crippen LogP contribution is 2.56. The quantitative estimate of drug-likeness (QED) is 0.758. The molecule has 2 aliphatic rings. The number of para-hydroxylation sites is 1. The molecule has 98 valence electrons. The molecule has 2 saturated carbocycles. The highest BCUT2D eigenvalue weighted by atomic mass is 16.3. The lowest BCUT2D eigenvalue weighted by Crippen LogP contribution is -2.27. The van der Waals surface area contributed by atoms with E-state index in [0.29, 0.717) is 17.1 Å². The fourth-order valence-electron chi connectivity index (χ4n) is 4.47. The topological polar surface area (TPSA) is 20.2 Å². The van der Waals surface area contributed by atoms with E-state index >= 15 is 0 Å². The van der Waals surface area contributed by atoms with Crippen LogP contribution in [0.1, 0.15) is 57.4 Å². The van der Waals surface area contributed by atoms with Gasteiger partial charge < -0.3 is 5.11 Å². The van der Waals surface area contributed by atoms with Crippen molar-refractivity contribution in [1.82, 2.24) is 0 Å². The lowest BCUT2D eigenvalue weighted by atomic mass is 9.67. The number of hydrogen-bond donors (Lipinski definition) is 1. The Morgan fingerprint density at radius 1 is 1.11 bits per heavy atom. The van der Waals surface area contributed by atoms with Gasteiger partial charge in [0.1, 0.15) is 5.75 Å². The molecule has 2 aliphatic carbocycles. The summed E-state index contributed by atoms with van der Waals surface area (Å²) in [6.07, 6.45) is 6.65. The van der Waals surface area contributed by atoms with Crippen LogP contribution in [0.5, 0.6) is 5.75 Å². The third-order valence-electron chi connectivity index (χ3n) is 5.52. The van der Waals surface area contributed by atoms with Gasteiger partial charge in [-0.1, -0.05) is 32.0 Å². The number of aromatic hydroxyl groups is 1. The number of phenols is 1. The van der Waals surface area contributed by atoms with Gasteiger partial charge in [0.15, 0.2) is 0 Å². The van der Waals surface area contributed by atoms with E-state index in [9.17, 15) is 5.11 Å².